The number of hydrogen-bond donors (Lipinski definition) is 2. The smallest absolute Gasteiger partial charge is 0.240 e. The summed E-state index contributed by atoms with van der Waals surface area (Å²) < 4.78 is 23.0. The summed E-state index contributed by atoms with van der Waals surface area (Å²) in [5.41, 5.74) is 0. The largest absolute Gasteiger partial charge is 0.351 e. The highest BCUT2D eigenvalue weighted by Gasteiger charge is 2.39. The van der Waals surface area contributed by atoms with Crippen LogP contribution in [0.2, 0.25) is 0 Å². The van der Waals surface area contributed by atoms with Crippen LogP contribution in [0, 0.1) is 5.92 Å². The van der Waals surface area contributed by atoms with Crippen molar-refractivity contribution in [3.8, 4) is 0 Å². The minimum absolute atomic E-state index is 0.000601. The molecule has 1 saturated carbocycles. The van der Waals surface area contributed by atoms with Crippen LogP contribution >= 0.6 is 0 Å². The van der Waals surface area contributed by atoms with Crippen molar-refractivity contribution in [2.45, 2.75) is 63.6 Å². The zero-order valence-electron chi connectivity index (χ0n) is 14.9. The molecule has 0 aromatic carbocycles. The van der Waals surface area contributed by atoms with E-state index in [1.807, 2.05) is 6.92 Å². The van der Waals surface area contributed by atoms with Crippen LogP contribution < -0.4 is 10.6 Å². The van der Waals surface area contributed by atoms with Gasteiger partial charge in [-0.2, -0.15) is 0 Å². The van der Waals surface area contributed by atoms with Gasteiger partial charge in [-0.15, -0.1) is 0 Å². The number of amides is 2. The highest BCUT2D eigenvalue weighted by Crippen LogP contribution is 2.33. The van der Waals surface area contributed by atoms with Crippen molar-refractivity contribution in [1.82, 2.24) is 15.5 Å². The number of carbonyl (C=O) groups excluding carboxylic acids is 2. The number of nitrogens with one attached hydrogen (secondary N) is 2. The minimum Gasteiger partial charge on any atom is -0.351 e. The van der Waals surface area contributed by atoms with Crippen LogP contribution in [-0.4, -0.2) is 67.9 Å². The van der Waals surface area contributed by atoms with E-state index in [0.717, 1.165) is 12.8 Å². The Morgan fingerprint density at radius 2 is 1.96 bits per heavy atom. The third-order valence-electron chi connectivity index (χ3n) is 5.79. The highest BCUT2D eigenvalue weighted by molar-refractivity contribution is 7.91. The summed E-state index contributed by atoms with van der Waals surface area (Å²) in [4.78, 5) is 26.6. The maximum absolute atomic E-state index is 12.8. The maximum atomic E-state index is 12.8. The lowest BCUT2D eigenvalue weighted by Crippen LogP contribution is -2.50. The molecule has 1 aliphatic carbocycles. The third-order valence-corrected chi connectivity index (χ3v) is 7.55. The molecule has 3 fully saturated rings. The molecule has 3 rings (SSSR count). The van der Waals surface area contributed by atoms with Gasteiger partial charge in [-0.05, 0) is 38.5 Å². The summed E-state index contributed by atoms with van der Waals surface area (Å²) in [6, 6.07) is -0.0644. The van der Waals surface area contributed by atoms with E-state index in [4.69, 9.17) is 0 Å². The molecule has 4 atom stereocenters. The van der Waals surface area contributed by atoms with E-state index < -0.39 is 9.84 Å². The van der Waals surface area contributed by atoms with E-state index in [-0.39, 0.29) is 41.9 Å². The Morgan fingerprint density at radius 1 is 1.20 bits per heavy atom. The average molecular weight is 372 g/mol. The van der Waals surface area contributed by atoms with Crippen molar-refractivity contribution < 1.29 is 18.0 Å². The summed E-state index contributed by atoms with van der Waals surface area (Å²) in [5.74, 6) is 0.438. The fourth-order valence-electron chi connectivity index (χ4n) is 4.43. The Labute approximate surface area is 149 Å². The van der Waals surface area contributed by atoms with Crippen molar-refractivity contribution >= 4 is 21.7 Å². The van der Waals surface area contributed by atoms with Gasteiger partial charge >= 0.3 is 0 Å². The molecule has 2 heterocycles. The van der Waals surface area contributed by atoms with Crippen molar-refractivity contribution in [3.05, 3.63) is 0 Å². The van der Waals surface area contributed by atoms with E-state index >= 15 is 0 Å². The molecule has 3 aliphatic rings. The molecule has 2 aliphatic heterocycles. The second kappa shape index (κ2) is 7.61. The normalized spacial score (nSPS) is 33.6. The van der Waals surface area contributed by atoms with E-state index in [1.54, 1.807) is 4.90 Å². The zero-order valence-corrected chi connectivity index (χ0v) is 15.7. The van der Waals surface area contributed by atoms with Crippen LogP contribution in [-0.2, 0) is 19.4 Å². The molecule has 0 spiro atoms. The second-order valence-electron chi connectivity index (χ2n) is 7.63. The van der Waals surface area contributed by atoms with Crippen LogP contribution in [0.15, 0.2) is 0 Å². The summed E-state index contributed by atoms with van der Waals surface area (Å²) in [5, 5.41) is 6.22. The summed E-state index contributed by atoms with van der Waals surface area (Å²) >= 11 is 0. The fraction of sp³-hybridized carbons (Fsp3) is 0.882. The van der Waals surface area contributed by atoms with Gasteiger partial charge in [0.1, 0.15) is 0 Å². The molecule has 0 bridgehead atoms. The average Bonchev–Trinajstić information content (AvgIpc) is 3.14. The van der Waals surface area contributed by atoms with Gasteiger partial charge in [0.25, 0.3) is 0 Å². The molecular weight excluding hydrogens is 342 g/mol. The lowest BCUT2D eigenvalue weighted by molar-refractivity contribution is -0.137. The van der Waals surface area contributed by atoms with Crippen molar-refractivity contribution in [1.29, 1.82) is 0 Å². The van der Waals surface area contributed by atoms with Gasteiger partial charge in [0.05, 0.1) is 24.1 Å². The molecule has 25 heavy (non-hydrogen) atoms. The van der Waals surface area contributed by atoms with Crippen molar-refractivity contribution in [3.63, 3.8) is 0 Å². The standard InChI is InChI=1S/C17H29N3O4S/c1-2-20(10-16(21)18-13-7-8-25(23,24)11-13)17(22)15-9-12-5-3-4-6-14(12)19-15/h12-15,19H,2-11H2,1H3,(H,18,21). The third kappa shape index (κ3) is 4.53. The Balaban J connectivity index is 1.51. The minimum atomic E-state index is -3.02. The van der Waals surface area contributed by atoms with Gasteiger partial charge in [-0.3, -0.25) is 9.59 Å². The number of sulfone groups is 1. The first kappa shape index (κ1) is 18.6. The monoisotopic (exact) mass is 371 g/mol. The van der Waals surface area contributed by atoms with Gasteiger partial charge in [0, 0.05) is 18.6 Å². The Morgan fingerprint density at radius 3 is 2.60 bits per heavy atom. The molecule has 2 saturated heterocycles. The van der Waals surface area contributed by atoms with Gasteiger partial charge in [0.15, 0.2) is 9.84 Å². The molecular formula is C17H29N3O4S. The molecule has 4 unspecified atom stereocenters. The molecule has 8 heteroatoms. The van der Waals surface area contributed by atoms with Crippen LogP contribution in [0.5, 0.6) is 0 Å². The quantitative estimate of drug-likeness (QED) is 0.712. The Kier molecular flexibility index (Phi) is 5.68. The van der Waals surface area contributed by atoms with Crippen molar-refractivity contribution in [2.75, 3.05) is 24.6 Å². The topological polar surface area (TPSA) is 95.6 Å². The SMILES string of the molecule is CCN(CC(=O)NC1CCS(=O)(=O)C1)C(=O)C1CC2CCCCC2N1. The lowest BCUT2D eigenvalue weighted by Gasteiger charge is -2.25. The van der Waals surface area contributed by atoms with Crippen molar-refractivity contribution in [2.24, 2.45) is 5.92 Å². The first-order chi connectivity index (χ1) is 11.9. The van der Waals surface area contributed by atoms with Crippen LogP contribution in [0.4, 0.5) is 0 Å². The van der Waals surface area contributed by atoms with Gasteiger partial charge in [-0.1, -0.05) is 12.8 Å². The molecule has 2 N–H and O–H groups in total. The molecule has 142 valence electrons. The number of fused-ring (bicyclic) bond motifs is 1. The second-order valence-corrected chi connectivity index (χ2v) is 9.85. The van der Waals surface area contributed by atoms with Crippen LogP contribution in [0.3, 0.4) is 0 Å². The van der Waals surface area contributed by atoms with Gasteiger partial charge < -0.3 is 15.5 Å². The molecule has 7 nitrogen and oxygen atoms in total. The predicted molar refractivity (Wildman–Crippen MR) is 94.7 cm³/mol. The van der Waals surface area contributed by atoms with E-state index in [0.29, 0.717) is 24.9 Å². The Bertz CT molecular complexity index is 607. The number of hydrogen-bond acceptors (Lipinski definition) is 5. The number of likely N-dealkylation sites (N-methyl/N-ethyl adjacent to an activating group) is 1. The number of carbonyl (C=O) groups is 2. The first-order valence-corrected chi connectivity index (χ1v) is 11.2. The molecule has 0 radical (unpaired) electrons. The first-order valence-electron chi connectivity index (χ1n) is 9.42. The van der Waals surface area contributed by atoms with E-state index in [1.165, 1.54) is 19.3 Å². The highest BCUT2D eigenvalue weighted by atomic mass is 32.2. The van der Waals surface area contributed by atoms with E-state index in [9.17, 15) is 18.0 Å². The van der Waals surface area contributed by atoms with E-state index in [2.05, 4.69) is 10.6 Å². The summed E-state index contributed by atoms with van der Waals surface area (Å²) in [6.07, 6.45) is 6.11. The molecule has 2 amide bonds. The zero-order chi connectivity index (χ0) is 18.0. The maximum Gasteiger partial charge on any atom is 0.240 e. The lowest BCUT2D eigenvalue weighted by atomic mass is 9.85. The molecule has 0 aromatic rings. The summed E-state index contributed by atoms with van der Waals surface area (Å²) in [6.45, 7) is 2.34. The van der Waals surface area contributed by atoms with Gasteiger partial charge in [-0.25, -0.2) is 8.42 Å². The molecule has 0 aromatic heterocycles. The van der Waals surface area contributed by atoms with Crippen LogP contribution in [0.25, 0.3) is 0 Å². The number of nitrogens with zero attached hydrogens (tertiary/aromatic N) is 1. The Hall–Kier alpha value is -1.15. The summed E-state index contributed by atoms with van der Waals surface area (Å²) in [7, 11) is -3.02. The van der Waals surface area contributed by atoms with Gasteiger partial charge in [0.2, 0.25) is 11.8 Å². The van der Waals surface area contributed by atoms with Crippen LogP contribution in [0.1, 0.15) is 45.4 Å². The predicted octanol–water partition coefficient (Wildman–Crippen LogP) is 0.0589. The number of rotatable bonds is 5. The fourth-order valence-corrected chi connectivity index (χ4v) is 6.11.